The maximum absolute atomic E-state index is 12.7. The summed E-state index contributed by atoms with van der Waals surface area (Å²) in [6.45, 7) is 13.5. The molecule has 3 fully saturated rings. The Labute approximate surface area is 284 Å². The number of nitrogens with one attached hydrogen (secondary N) is 4. The van der Waals surface area contributed by atoms with Crippen LogP contribution in [-0.2, 0) is 9.47 Å². The Morgan fingerprint density at radius 3 is 2.32 bits per heavy atom. The molecule has 268 valence electrons. The predicted molar refractivity (Wildman–Crippen MR) is 190 cm³/mol. The number of nitrogens with zero attached hydrogens (tertiary/aromatic N) is 1. The lowest BCUT2D eigenvalue weighted by Crippen LogP contribution is -2.47. The first kappa shape index (κ1) is 37.3. The van der Waals surface area contributed by atoms with Gasteiger partial charge in [-0.15, -0.1) is 0 Å². The summed E-state index contributed by atoms with van der Waals surface area (Å²) in [4.78, 5) is 14.9. The predicted octanol–water partition coefficient (Wildman–Crippen LogP) is 6.21. The van der Waals surface area contributed by atoms with Gasteiger partial charge in [-0.25, -0.2) is 4.79 Å². The summed E-state index contributed by atoms with van der Waals surface area (Å²) in [6.07, 6.45) is 17.4. The van der Waals surface area contributed by atoms with Gasteiger partial charge in [0.25, 0.3) is 0 Å². The zero-order chi connectivity index (χ0) is 34.0. The lowest BCUT2D eigenvalue weighted by Gasteiger charge is -2.54. The van der Waals surface area contributed by atoms with Gasteiger partial charge in [-0.2, -0.15) is 0 Å². The molecule has 3 saturated carbocycles. The number of fused-ring (bicyclic) bond motifs is 5. The van der Waals surface area contributed by atoms with E-state index in [1.165, 1.54) is 51.4 Å². The summed E-state index contributed by atoms with van der Waals surface area (Å²) in [5, 5.41) is 20.3. The van der Waals surface area contributed by atoms with Gasteiger partial charge in [0.2, 0.25) is 0 Å². The van der Waals surface area contributed by atoms with Gasteiger partial charge in [0, 0.05) is 26.1 Å². The van der Waals surface area contributed by atoms with Gasteiger partial charge in [-0.05, 0) is 118 Å². The highest BCUT2D eigenvalue weighted by Gasteiger charge is 2.56. The molecule has 0 aromatic heterocycles. The number of nitrogens with two attached hydrogens (primary N) is 2. The third-order valence-electron chi connectivity index (χ3n) is 12.4. The van der Waals surface area contributed by atoms with Gasteiger partial charge >= 0.3 is 6.16 Å². The second-order valence-corrected chi connectivity index (χ2v) is 15.9. The van der Waals surface area contributed by atoms with Crippen molar-refractivity contribution in [1.29, 1.82) is 10.8 Å². The van der Waals surface area contributed by atoms with Crippen LogP contribution in [0.15, 0.2) is 11.6 Å². The highest BCUT2D eigenvalue weighted by molar-refractivity contribution is 5.74. The van der Waals surface area contributed by atoms with Crippen molar-refractivity contribution in [1.82, 2.24) is 15.5 Å². The molecular formula is C37H67N7O3. The molecule has 10 heteroatoms. The molecule has 0 aromatic carbocycles. The van der Waals surface area contributed by atoms with Gasteiger partial charge in [0.05, 0.1) is 0 Å². The smallest absolute Gasteiger partial charge is 0.433 e. The molecule has 0 radical (unpaired) electrons. The molecular weight excluding hydrogens is 590 g/mol. The second-order valence-electron chi connectivity index (χ2n) is 15.9. The normalized spacial score (nSPS) is 30.5. The van der Waals surface area contributed by atoms with Crippen LogP contribution in [0.1, 0.15) is 111 Å². The van der Waals surface area contributed by atoms with Crippen LogP contribution in [0.5, 0.6) is 0 Å². The zero-order valence-electron chi connectivity index (χ0n) is 30.0. The molecule has 47 heavy (non-hydrogen) atoms. The Balaban J connectivity index is 1.22. The Hall–Kier alpha value is -2.49. The van der Waals surface area contributed by atoms with Crippen LogP contribution < -0.4 is 22.1 Å². The van der Waals surface area contributed by atoms with Crippen molar-refractivity contribution in [3.05, 3.63) is 11.6 Å². The maximum atomic E-state index is 12.7. The number of rotatable bonds is 17. The largest absolute Gasteiger partial charge is 0.508 e. The minimum absolute atomic E-state index is 0.0345. The molecule has 8 N–H and O–H groups in total. The van der Waals surface area contributed by atoms with Crippen molar-refractivity contribution >= 4 is 18.1 Å². The number of hydrogen-bond acceptors (Lipinski definition) is 6. The fraction of sp³-hybridized carbons (Fsp3) is 0.865. The topological polar surface area (TPSA) is 163 Å². The lowest BCUT2D eigenvalue weighted by molar-refractivity contribution is -0.0348. The standard InChI is InChI=1S/C37H67N7O3/c1-25(2)8-5-9-26(3)32-14-15-33-31-12-10-27-24-28(11-13-29(27)30(31)16-17-37(32,33)4)47-36(45)46-23-22-44(20-6-18-42-34(38)39)21-7-19-43-35(40)41/h10,25-26,28-33H,5-9,11-24H2,1-4H3,(H4,38,39,42)(H4,40,41,43)/t26-,28+,29?,30-,31-,32-,33+,37-/m1/s1. The van der Waals surface area contributed by atoms with Crippen LogP contribution in [0.25, 0.3) is 0 Å². The molecule has 4 aliphatic rings. The summed E-state index contributed by atoms with van der Waals surface area (Å²) < 4.78 is 11.4. The monoisotopic (exact) mass is 658 g/mol. The molecule has 0 bridgehead atoms. The molecule has 0 spiro atoms. The van der Waals surface area contributed by atoms with E-state index >= 15 is 0 Å². The van der Waals surface area contributed by atoms with Crippen molar-refractivity contribution in [2.45, 2.75) is 117 Å². The van der Waals surface area contributed by atoms with Crippen molar-refractivity contribution in [2.75, 3.05) is 39.3 Å². The van der Waals surface area contributed by atoms with Crippen LogP contribution in [-0.4, -0.2) is 68.4 Å². The van der Waals surface area contributed by atoms with Crippen molar-refractivity contribution in [3.63, 3.8) is 0 Å². The number of carbonyl (C=O) groups excluding carboxylic acids is 1. The Kier molecular flexibility index (Phi) is 14.1. The van der Waals surface area contributed by atoms with E-state index in [1.54, 1.807) is 5.57 Å². The van der Waals surface area contributed by atoms with Crippen LogP contribution in [0.4, 0.5) is 4.79 Å². The quantitative estimate of drug-likeness (QED) is 0.0354. The van der Waals surface area contributed by atoms with E-state index in [9.17, 15) is 4.79 Å². The number of guanidine groups is 2. The number of ether oxygens (including phenoxy) is 2. The fourth-order valence-electron chi connectivity index (χ4n) is 10.2. The van der Waals surface area contributed by atoms with Crippen LogP contribution in [0.3, 0.4) is 0 Å². The number of allylic oxidation sites excluding steroid dienone is 1. The lowest BCUT2D eigenvalue weighted by atomic mass is 9.51. The van der Waals surface area contributed by atoms with Crippen LogP contribution >= 0.6 is 0 Å². The van der Waals surface area contributed by atoms with E-state index in [0.717, 1.165) is 80.7 Å². The third kappa shape index (κ3) is 10.5. The van der Waals surface area contributed by atoms with E-state index in [2.05, 4.69) is 49.3 Å². The Morgan fingerprint density at radius 1 is 0.957 bits per heavy atom. The summed E-state index contributed by atoms with van der Waals surface area (Å²) in [5.74, 6) is 5.65. The van der Waals surface area contributed by atoms with Crippen molar-refractivity contribution in [2.24, 2.45) is 58.3 Å². The third-order valence-corrected chi connectivity index (χ3v) is 12.4. The molecule has 1 unspecified atom stereocenters. The van der Waals surface area contributed by atoms with E-state index in [0.29, 0.717) is 31.0 Å². The molecule has 0 heterocycles. The summed E-state index contributed by atoms with van der Waals surface area (Å²) in [6, 6.07) is 0. The van der Waals surface area contributed by atoms with Gasteiger partial charge in [0.1, 0.15) is 12.7 Å². The number of hydrogen-bond donors (Lipinski definition) is 6. The van der Waals surface area contributed by atoms with E-state index in [-0.39, 0.29) is 24.6 Å². The summed E-state index contributed by atoms with van der Waals surface area (Å²) in [5.41, 5.74) is 12.8. The van der Waals surface area contributed by atoms with E-state index in [4.69, 9.17) is 31.8 Å². The van der Waals surface area contributed by atoms with Crippen molar-refractivity contribution < 1.29 is 14.3 Å². The number of carbonyl (C=O) groups is 1. The molecule has 10 nitrogen and oxygen atoms in total. The summed E-state index contributed by atoms with van der Waals surface area (Å²) >= 11 is 0. The van der Waals surface area contributed by atoms with Gasteiger partial charge < -0.3 is 31.6 Å². The average molecular weight is 658 g/mol. The van der Waals surface area contributed by atoms with Crippen LogP contribution in [0, 0.1) is 57.7 Å². The molecule has 0 amide bonds. The minimum Gasteiger partial charge on any atom is -0.433 e. The molecule has 4 rings (SSSR count). The van der Waals surface area contributed by atoms with E-state index in [1.807, 2.05) is 0 Å². The first-order valence-corrected chi connectivity index (χ1v) is 18.9. The highest BCUT2D eigenvalue weighted by Crippen LogP contribution is 2.64. The molecule has 0 aliphatic heterocycles. The molecule has 0 aromatic rings. The fourth-order valence-corrected chi connectivity index (χ4v) is 10.2. The molecule has 8 atom stereocenters. The van der Waals surface area contributed by atoms with Crippen LogP contribution in [0.2, 0.25) is 0 Å². The zero-order valence-corrected chi connectivity index (χ0v) is 30.0. The Morgan fingerprint density at radius 2 is 1.66 bits per heavy atom. The second kappa shape index (κ2) is 17.8. The molecule has 4 aliphatic carbocycles. The maximum Gasteiger partial charge on any atom is 0.508 e. The van der Waals surface area contributed by atoms with Gasteiger partial charge in [-0.1, -0.05) is 58.6 Å². The van der Waals surface area contributed by atoms with Gasteiger partial charge in [-0.3, -0.25) is 15.7 Å². The van der Waals surface area contributed by atoms with Gasteiger partial charge in [0.15, 0.2) is 11.9 Å². The SMILES string of the molecule is CC(C)CCC[C@@H](C)[C@H]1CC[C@H]2[C@@H]3CC=C4C[C@@H](OC(=O)OCCN(CCCNC(=N)N)CCCNC(=N)N)CCC4[C@H]3CC[C@]12C. The average Bonchev–Trinajstić information content (AvgIpc) is 3.37. The summed E-state index contributed by atoms with van der Waals surface area (Å²) in [7, 11) is 0. The first-order chi connectivity index (χ1) is 22.5. The van der Waals surface area contributed by atoms with E-state index < -0.39 is 6.16 Å². The van der Waals surface area contributed by atoms with Crippen molar-refractivity contribution in [3.8, 4) is 0 Å². The minimum atomic E-state index is -0.563. The first-order valence-electron chi connectivity index (χ1n) is 18.9. The Bertz CT molecular complexity index is 1040. The molecule has 0 saturated heterocycles. The highest BCUT2D eigenvalue weighted by atomic mass is 16.7.